The Balaban J connectivity index is 1.70. The Hall–Kier alpha value is -3.80. The average Bonchev–Trinajstić information content (AvgIpc) is 3.18. The fraction of sp³-hybridized carbons (Fsp3) is 0.200. The first-order valence-corrected chi connectivity index (χ1v) is 10.1. The van der Waals surface area contributed by atoms with E-state index < -0.39 is 0 Å². The molecule has 6 heteroatoms. The van der Waals surface area contributed by atoms with Crippen molar-refractivity contribution >= 4 is 16.9 Å². The third-order valence-electron chi connectivity index (χ3n) is 5.29. The summed E-state index contributed by atoms with van der Waals surface area (Å²) in [5.74, 6) is 1.92. The van der Waals surface area contributed by atoms with E-state index in [0.717, 1.165) is 28.2 Å². The third-order valence-corrected chi connectivity index (χ3v) is 5.29. The van der Waals surface area contributed by atoms with Gasteiger partial charge in [0.25, 0.3) is 5.91 Å². The van der Waals surface area contributed by atoms with Gasteiger partial charge in [-0.05, 0) is 37.3 Å². The zero-order valence-corrected chi connectivity index (χ0v) is 17.8. The molecular formula is C25H25N3O3. The molecule has 0 spiro atoms. The molecule has 1 unspecified atom stereocenters. The first kappa shape index (κ1) is 20.5. The maximum Gasteiger partial charge on any atom is 0.255 e. The van der Waals surface area contributed by atoms with Crippen LogP contribution in [0.4, 0.5) is 0 Å². The summed E-state index contributed by atoms with van der Waals surface area (Å²) < 4.78 is 13.0. The van der Waals surface area contributed by atoms with E-state index in [2.05, 4.69) is 9.88 Å². The quantitative estimate of drug-likeness (QED) is 0.479. The monoisotopic (exact) mass is 415 g/mol. The molecule has 0 saturated heterocycles. The number of aromatic nitrogens is 2. The molecule has 1 aromatic heterocycles. The van der Waals surface area contributed by atoms with E-state index >= 15 is 0 Å². The van der Waals surface area contributed by atoms with Crippen molar-refractivity contribution in [1.82, 2.24) is 14.9 Å². The van der Waals surface area contributed by atoms with Crippen molar-refractivity contribution in [3.8, 4) is 11.5 Å². The summed E-state index contributed by atoms with van der Waals surface area (Å²) in [6.45, 7) is 2.52. The van der Waals surface area contributed by atoms with Crippen molar-refractivity contribution in [3.63, 3.8) is 0 Å². The highest BCUT2D eigenvalue weighted by molar-refractivity contribution is 5.97. The number of carbonyl (C=O) groups is 1. The van der Waals surface area contributed by atoms with Gasteiger partial charge in [-0.3, -0.25) is 4.79 Å². The molecule has 3 aromatic carbocycles. The molecular weight excluding hydrogens is 390 g/mol. The highest BCUT2D eigenvalue weighted by atomic mass is 16.5. The number of benzene rings is 3. The molecule has 1 amide bonds. The largest absolute Gasteiger partial charge is 0.496 e. The Morgan fingerprint density at radius 1 is 0.935 bits per heavy atom. The van der Waals surface area contributed by atoms with Crippen molar-refractivity contribution in [1.29, 1.82) is 0 Å². The zero-order valence-electron chi connectivity index (χ0n) is 17.8. The topological polar surface area (TPSA) is 65.4 Å². The lowest BCUT2D eigenvalue weighted by Crippen LogP contribution is -2.29. The number of rotatable bonds is 7. The van der Waals surface area contributed by atoms with Gasteiger partial charge in [-0.15, -0.1) is 0 Å². The van der Waals surface area contributed by atoms with Gasteiger partial charge in [-0.25, -0.2) is 4.98 Å². The molecule has 0 aliphatic rings. The number of ether oxygens (including phenoxy) is 2. The van der Waals surface area contributed by atoms with E-state index in [1.807, 2.05) is 67.6 Å². The van der Waals surface area contributed by atoms with Gasteiger partial charge < -0.3 is 19.4 Å². The van der Waals surface area contributed by atoms with Gasteiger partial charge in [0, 0.05) is 5.56 Å². The van der Waals surface area contributed by atoms with E-state index in [9.17, 15) is 4.79 Å². The minimum atomic E-state index is -0.320. The summed E-state index contributed by atoms with van der Waals surface area (Å²) in [4.78, 5) is 17.8. The number of para-hydroxylation sites is 4. The van der Waals surface area contributed by atoms with Gasteiger partial charge in [0.1, 0.15) is 17.3 Å². The SMILES string of the molecule is COc1ccccc1Cn1c(C(C)NC(=O)c2ccccc2OC)nc2ccccc21. The lowest BCUT2D eigenvalue weighted by atomic mass is 10.1. The van der Waals surface area contributed by atoms with Crippen LogP contribution in [-0.2, 0) is 6.54 Å². The van der Waals surface area contributed by atoms with Gasteiger partial charge in [-0.2, -0.15) is 0 Å². The van der Waals surface area contributed by atoms with Crippen LogP contribution in [0.3, 0.4) is 0 Å². The van der Waals surface area contributed by atoms with Crippen LogP contribution >= 0.6 is 0 Å². The van der Waals surface area contributed by atoms with E-state index in [0.29, 0.717) is 17.9 Å². The number of nitrogens with zero attached hydrogens (tertiary/aromatic N) is 2. The highest BCUT2D eigenvalue weighted by Gasteiger charge is 2.21. The van der Waals surface area contributed by atoms with Crippen molar-refractivity contribution in [2.75, 3.05) is 14.2 Å². The van der Waals surface area contributed by atoms with Crippen molar-refractivity contribution in [2.45, 2.75) is 19.5 Å². The standard InChI is InChI=1S/C25H25N3O3/c1-17(26-25(29)19-11-5-9-15-23(19)31-3)24-27-20-12-6-7-13-21(20)28(24)16-18-10-4-8-14-22(18)30-2/h4-15,17H,16H2,1-3H3,(H,26,29). The molecule has 31 heavy (non-hydrogen) atoms. The number of imidazole rings is 1. The molecule has 4 aromatic rings. The molecule has 0 aliphatic heterocycles. The first-order chi connectivity index (χ1) is 15.1. The minimum absolute atomic E-state index is 0.208. The Bertz CT molecular complexity index is 1220. The predicted octanol–water partition coefficient (Wildman–Crippen LogP) is 4.59. The molecule has 6 nitrogen and oxygen atoms in total. The maximum absolute atomic E-state index is 12.9. The fourth-order valence-corrected chi connectivity index (χ4v) is 3.77. The number of nitrogens with one attached hydrogen (secondary N) is 1. The normalized spacial score (nSPS) is 11.8. The predicted molar refractivity (Wildman–Crippen MR) is 121 cm³/mol. The number of hydrogen-bond acceptors (Lipinski definition) is 4. The van der Waals surface area contributed by atoms with Crippen LogP contribution in [0.1, 0.15) is 34.7 Å². The number of amides is 1. The molecule has 0 aliphatic carbocycles. The maximum atomic E-state index is 12.9. The van der Waals surface area contributed by atoms with Gasteiger partial charge in [0.2, 0.25) is 0 Å². The summed E-state index contributed by atoms with van der Waals surface area (Å²) >= 11 is 0. The van der Waals surface area contributed by atoms with Crippen molar-refractivity contribution in [2.24, 2.45) is 0 Å². The number of methoxy groups -OCH3 is 2. The molecule has 0 fully saturated rings. The van der Waals surface area contributed by atoms with Gasteiger partial charge >= 0.3 is 0 Å². The van der Waals surface area contributed by atoms with Crippen LogP contribution in [0.25, 0.3) is 11.0 Å². The Morgan fingerprint density at radius 3 is 2.35 bits per heavy atom. The van der Waals surface area contributed by atoms with Crippen LogP contribution in [0, 0.1) is 0 Å². The van der Waals surface area contributed by atoms with Crippen LogP contribution in [0.5, 0.6) is 11.5 Å². The van der Waals surface area contributed by atoms with Crippen molar-refractivity contribution < 1.29 is 14.3 Å². The summed E-state index contributed by atoms with van der Waals surface area (Å²) in [6.07, 6.45) is 0. The summed E-state index contributed by atoms with van der Waals surface area (Å²) in [7, 11) is 3.23. The van der Waals surface area contributed by atoms with Gasteiger partial charge in [0.15, 0.2) is 0 Å². The van der Waals surface area contributed by atoms with Crippen LogP contribution in [0.15, 0.2) is 72.8 Å². The molecule has 158 valence electrons. The second-order valence-electron chi connectivity index (χ2n) is 7.25. The third kappa shape index (κ3) is 4.10. The fourth-order valence-electron chi connectivity index (χ4n) is 3.77. The minimum Gasteiger partial charge on any atom is -0.496 e. The Morgan fingerprint density at radius 2 is 1.58 bits per heavy atom. The summed E-state index contributed by atoms with van der Waals surface area (Å²) in [5, 5.41) is 3.07. The Kier molecular flexibility index (Phi) is 5.89. The van der Waals surface area contributed by atoms with E-state index in [-0.39, 0.29) is 11.9 Å². The number of carbonyl (C=O) groups excluding carboxylic acids is 1. The van der Waals surface area contributed by atoms with E-state index in [4.69, 9.17) is 14.5 Å². The van der Waals surface area contributed by atoms with E-state index in [1.54, 1.807) is 26.4 Å². The van der Waals surface area contributed by atoms with Crippen LogP contribution in [-0.4, -0.2) is 29.7 Å². The molecule has 1 heterocycles. The Labute approximate surface area is 181 Å². The second kappa shape index (κ2) is 8.92. The summed E-state index contributed by atoms with van der Waals surface area (Å²) in [6, 6.07) is 22.8. The molecule has 0 radical (unpaired) electrons. The van der Waals surface area contributed by atoms with Gasteiger partial charge in [0.05, 0.1) is 43.4 Å². The lowest BCUT2D eigenvalue weighted by molar-refractivity contribution is 0.0934. The second-order valence-corrected chi connectivity index (χ2v) is 7.25. The van der Waals surface area contributed by atoms with E-state index in [1.165, 1.54) is 0 Å². The van der Waals surface area contributed by atoms with Crippen molar-refractivity contribution in [3.05, 3.63) is 89.7 Å². The summed E-state index contributed by atoms with van der Waals surface area (Å²) in [5.41, 5.74) is 3.41. The molecule has 1 atom stereocenters. The van der Waals surface area contributed by atoms with Crippen LogP contribution in [0.2, 0.25) is 0 Å². The number of fused-ring (bicyclic) bond motifs is 1. The smallest absolute Gasteiger partial charge is 0.255 e. The van der Waals surface area contributed by atoms with Gasteiger partial charge in [-0.1, -0.05) is 42.5 Å². The average molecular weight is 415 g/mol. The highest BCUT2D eigenvalue weighted by Crippen LogP contribution is 2.26. The number of hydrogen-bond donors (Lipinski definition) is 1. The molecule has 4 rings (SSSR count). The van der Waals surface area contributed by atoms with Crippen LogP contribution < -0.4 is 14.8 Å². The first-order valence-electron chi connectivity index (χ1n) is 10.1. The zero-order chi connectivity index (χ0) is 21.8. The molecule has 0 saturated carbocycles. The molecule has 0 bridgehead atoms. The lowest BCUT2D eigenvalue weighted by Gasteiger charge is -2.18. The molecule has 1 N–H and O–H groups in total.